The zero-order chi connectivity index (χ0) is 37.1. The van der Waals surface area contributed by atoms with E-state index < -0.39 is 0 Å². The summed E-state index contributed by atoms with van der Waals surface area (Å²) in [4.78, 5) is 30.6. The fourth-order valence-electron chi connectivity index (χ4n) is 7.63. The van der Waals surface area contributed by atoms with Crippen LogP contribution in [0.15, 0.2) is 60.7 Å². The summed E-state index contributed by atoms with van der Waals surface area (Å²) in [6.45, 7) is 16.5. The highest BCUT2D eigenvalue weighted by Crippen LogP contribution is 2.30. The number of piperidine rings is 2. The second-order valence-corrected chi connectivity index (χ2v) is 14.9. The first kappa shape index (κ1) is 37.4. The predicted octanol–water partition coefficient (Wildman–Crippen LogP) is 8.24. The van der Waals surface area contributed by atoms with Gasteiger partial charge in [-0.05, 0) is 148 Å². The Balaban J connectivity index is 0.929. The van der Waals surface area contributed by atoms with E-state index in [1.807, 2.05) is 61.8 Å². The summed E-state index contributed by atoms with van der Waals surface area (Å²) in [6.07, 6.45) is 3.46. The number of aryl methyl sites for hydroxylation is 4. The normalized spacial score (nSPS) is 15.7. The van der Waals surface area contributed by atoms with Crippen LogP contribution in [-0.2, 0) is 0 Å². The van der Waals surface area contributed by atoms with Gasteiger partial charge in [-0.2, -0.15) is 0 Å². The van der Waals surface area contributed by atoms with Crippen LogP contribution in [0, 0.1) is 53.2 Å². The van der Waals surface area contributed by atoms with Gasteiger partial charge < -0.3 is 20.4 Å². The van der Waals surface area contributed by atoms with Gasteiger partial charge in [0.15, 0.2) is 0 Å². The molecule has 2 aliphatic heterocycles. The molecule has 8 heteroatoms. The van der Waals surface area contributed by atoms with Gasteiger partial charge in [0.2, 0.25) is 0 Å². The van der Waals surface area contributed by atoms with Crippen LogP contribution >= 0.6 is 0 Å². The fraction of sp³-hybridized carbons (Fsp3) is 0.409. The van der Waals surface area contributed by atoms with Crippen molar-refractivity contribution in [1.29, 1.82) is 0 Å². The number of carbonyl (C=O) groups is 2. The molecule has 0 bridgehead atoms. The zero-order valence-electron chi connectivity index (χ0n) is 31.5. The molecule has 0 aromatic heterocycles. The van der Waals surface area contributed by atoms with Crippen LogP contribution in [0.25, 0.3) is 22.3 Å². The van der Waals surface area contributed by atoms with E-state index in [-0.39, 0.29) is 23.4 Å². The molecule has 4 aromatic carbocycles. The van der Waals surface area contributed by atoms with Crippen molar-refractivity contribution in [1.82, 2.24) is 20.4 Å². The van der Waals surface area contributed by atoms with Crippen LogP contribution in [0.4, 0.5) is 8.78 Å². The van der Waals surface area contributed by atoms with E-state index in [0.717, 1.165) is 72.2 Å². The van der Waals surface area contributed by atoms with Crippen LogP contribution in [0.3, 0.4) is 0 Å². The molecule has 2 heterocycles. The molecule has 0 atom stereocenters. The Morgan fingerprint density at radius 1 is 0.558 bits per heavy atom. The average molecular weight is 707 g/mol. The topological polar surface area (TPSA) is 64.7 Å². The Labute approximate surface area is 307 Å². The number of nitrogens with zero attached hydrogens (tertiary/aromatic N) is 2. The molecular formula is C44H52F2N4O2. The molecule has 0 spiro atoms. The van der Waals surface area contributed by atoms with E-state index >= 15 is 0 Å². The van der Waals surface area contributed by atoms with Crippen LogP contribution in [0.1, 0.15) is 79.8 Å². The van der Waals surface area contributed by atoms with Crippen molar-refractivity contribution in [2.45, 2.75) is 79.3 Å². The van der Waals surface area contributed by atoms with E-state index in [1.54, 1.807) is 24.3 Å². The van der Waals surface area contributed by atoms with Crippen LogP contribution in [0.2, 0.25) is 0 Å². The molecule has 0 aliphatic carbocycles. The zero-order valence-corrected chi connectivity index (χ0v) is 31.5. The first-order chi connectivity index (χ1) is 24.9. The molecule has 0 saturated carbocycles. The average Bonchev–Trinajstić information content (AvgIpc) is 3.14. The molecule has 52 heavy (non-hydrogen) atoms. The molecule has 2 N–H and O–H groups in total. The largest absolute Gasteiger partial charge is 0.339 e. The Kier molecular flexibility index (Phi) is 11.6. The maximum atomic E-state index is 14.9. The van der Waals surface area contributed by atoms with Crippen molar-refractivity contribution in [3.05, 3.63) is 117 Å². The SMILES string of the molecule is Cc1cc(-c2cc(C(=O)N3CCC(NCCNC4CCN(C(=O)c5ccc(F)c(-c6cc(C)c(C)c(C)c6)c5)CC4)CC3)ccc2F)cc(C)c1C. The van der Waals surface area contributed by atoms with Crippen molar-refractivity contribution in [3.8, 4) is 22.3 Å². The molecule has 274 valence electrons. The molecule has 0 radical (unpaired) electrons. The summed E-state index contributed by atoms with van der Waals surface area (Å²) in [5.74, 6) is -0.749. The molecule has 0 unspecified atom stereocenters. The number of hydrogen-bond acceptors (Lipinski definition) is 4. The number of likely N-dealkylation sites (tertiary alicyclic amines) is 2. The number of carbonyl (C=O) groups excluding carboxylic acids is 2. The lowest BCUT2D eigenvalue weighted by Gasteiger charge is -2.34. The summed E-state index contributed by atoms with van der Waals surface area (Å²) >= 11 is 0. The Bertz CT molecular complexity index is 1770. The smallest absolute Gasteiger partial charge is 0.253 e. The minimum atomic E-state index is -0.322. The number of hydrogen-bond donors (Lipinski definition) is 2. The Hall–Kier alpha value is -4.40. The van der Waals surface area contributed by atoms with Crippen LogP contribution in [0.5, 0.6) is 0 Å². The third-order valence-electron chi connectivity index (χ3n) is 11.5. The highest BCUT2D eigenvalue weighted by molar-refractivity contribution is 5.96. The van der Waals surface area contributed by atoms with Gasteiger partial charge in [-0.25, -0.2) is 8.78 Å². The molecule has 2 aliphatic rings. The lowest BCUT2D eigenvalue weighted by atomic mass is 9.95. The molecule has 6 nitrogen and oxygen atoms in total. The minimum Gasteiger partial charge on any atom is -0.339 e. The quantitative estimate of drug-likeness (QED) is 0.172. The summed E-state index contributed by atoms with van der Waals surface area (Å²) in [5, 5.41) is 7.30. The number of halogens is 2. The van der Waals surface area contributed by atoms with Gasteiger partial charge in [0.1, 0.15) is 11.6 Å². The van der Waals surface area contributed by atoms with E-state index in [2.05, 4.69) is 24.5 Å². The van der Waals surface area contributed by atoms with Crippen molar-refractivity contribution in [2.24, 2.45) is 0 Å². The third-order valence-corrected chi connectivity index (χ3v) is 11.5. The standard InChI is InChI=1S/C44H52F2N4O2/c1-27-21-35(22-28(2)31(27)5)39-25-33(7-9-41(39)45)43(51)49-17-11-37(12-18-49)47-15-16-48-38-13-19-50(20-14-38)44(52)34-8-10-42(46)40(26-34)36-23-29(3)32(6)30(4)24-36/h7-10,21-26,37-38,47-48H,11-20H2,1-6H3. The summed E-state index contributed by atoms with van der Waals surface area (Å²) in [5.41, 5.74) is 10.4. The summed E-state index contributed by atoms with van der Waals surface area (Å²) < 4.78 is 29.8. The van der Waals surface area contributed by atoms with Crippen LogP contribution < -0.4 is 10.6 Å². The van der Waals surface area contributed by atoms with Gasteiger partial charge in [-0.15, -0.1) is 0 Å². The number of benzene rings is 4. The van der Waals surface area contributed by atoms with E-state index in [9.17, 15) is 18.4 Å². The predicted molar refractivity (Wildman–Crippen MR) is 206 cm³/mol. The second kappa shape index (κ2) is 16.1. The molecule has 6 rings (SSSR count). The summed E-state index contributed by atoms with van der Waals surface area (Å²) in [7, 11) is 0. The van der Waals surface area contributed by atoms with Crippen molar-refractivity contribution < 1.29 is 18.4 Å². The van der Waals surface area contributed by atoms with Gasteiger partial charge in [-0.3, -0.25) is 9.59 Å². The van der Waals surface area contributed by atoms with Gasteiger partial charge >= 0.3 is 0 Å². The number of rotatable bonds is 9. The van der Waals surface area contributed by atoms with Crippen molar-refractivity contribution in [2.75, 3.05) is 39.3 Å². The maximum absolute atomic E-state index is 14.9. The van der Waals surface area contributed by atoms with E-state index in [0.29, 0.717) is 60.5 Å². The van der Waals surface area contributed by atoms with E-state index in [4.69, 9.17) is 0 Å². The molecule has 2 amide bonds. The maximum Gasteiger partial charge on any atom is 0.253 e. The minimum absolute atomic E-state index is 0.0527. The number of amides is 2. The first-order valence-electron chi connectivity index (χ1n) is 18.7. The lowest BCUT2D eigenvalue weighted by Crippen LogP contribution is -2.48. The van der Waals surface area contributed by atoms with Crippen molar-refractivity contribution in [3.63, 3.8) is 0 Å². The van der Waals surface area contributed by atoms with Gasteiger partial charge in [-0.1, -0.05) is 24.3 Å². The fourth-order valence-corrected chi connectivity index (χ4v) is 7.63. The number of nitrogens with one attached hydrogen (secondary N) is 2. The summed E-state index contributed by atoms with van der Waals surface area (Å²) in [6, 6.07) is 18.0. The molecule has 4 aromatic rings. The molecular weight excluding hydrogens is 655 g/mol. The lowest BCUT2D eigenvalue weighted by molar-refractivity contribution is 0.0693. The molecule has 2 saturated heterocycles. The van der Waals surface area contributed by atoms with E-state index in [1.165, 1.54) is 23.3 Å². The first-order valence-corrected chi connectivity index (χ1v) is 18.7. The van der Waals surface area contributed by atoms with Gasteiger partial charge in [0, 0.05) is 73.6 Å². The Morgan fingerprint density at radius 2 is 0.885 bits per heavy atom. The Morgan fingerprint density at radius 3 is 1.21 bits per heavy atom. The van der Waals surface area contributed by atoms with Gasteiger partial charge in [0.25, 0.3) is 11.8 Å². The highest BCUT2D eigenvalue weighted by Gasteiger charge is 2.26. The second-order valence-electron chi connectivity index (χ2n) is 14.9. The third kappa shape index (κ3) is 8.29. The van der Waals surface area contributed by atoms with Crippen LogP contribution in [-0.4, -0.2) is 73.0 Å². The monoisotopic (exact) mass is 706 g/mol. The van der Waals surface area contributed by atoms with Gasteiger partial charge in [0.05, 0.1) is 0 Å². The molecule has 2 fully saturated rings. The van der Waals surface area contributed by atoms with Crippen molar-refractivity contribution >= 4 is 11.8 Å². The highest BCUT2D eigenvalue weighted by atomic mass is 19.1.